The molecule has 250 valence electrons. The Kier molecular flexibility index (Phi) is 10.5. The minimum Gasteiger partial charge on any atom is -0.472 e. The van der Waals surface area contributed by atoms with Crippen molar-refractivity contribution in [2.75, 3.05) is 18.9 Å². The van der Waals surface area contributed by atoms with Crippen molar-refractivity contribution in [3.8, 4) is 5.88 Å². The van der Waals surface area contributed by atoms with Gasteiger partial charge in [0.15, 0.2) is 42.3 Å². The van der Waals surface area contributed by atoms with Crippen LogP contribution in [0.2, 0.25) is 54.4 Å². The smallest absolute Gasteiger partial charge is 0.247 e. The number of nitrogens with zero attached hydrogens (tertiary/aromatic N) is 4. The Morgan fingerprint density at radius 2 is 1.39 bits per heavy atom. The molecular formula is C31H59N5O5Si3. The van der Waals surface area contributed by atoms with Gasteiger partial charge in [0.25, 0.3) is 0 Å². The summed E-state index contributed by atoms with van der Waals surface area (Å²) in [7, 11) is -6.69. The van der Waals surface area contributed by atoms with Crippen LogP contribution in [0.3, 0.4) is 0 Å². The van der Waals surface area contributed by atoms with Crippen LogP contribution in [0.5, 0.6) is 5.88 Å². The Labute approximate surface area is 268 Å². The maximum atomic E-state index is 7.27. The first-order chi connectivity index (χ1) is 19.8. The quantitative estimate of drug-likeness (QED) is 0.191. The van der Waals surface area contributed by atoms with Gasteiger partial charge >= 0.3 is 0 Å². The Hall–Kier alpha value is -1.62. The fourth-order valence-electron chi connectivity index (χ4n) is 4.21. The van der Waals surface area contributed by atoms with Crippen molar-refractivity contribution >= 4 is 42.1 Å². The lowest BCUT2D eigenvalue weighted by molar-refractivity contribution is -0.0470. The van der Waals surface area contributed by atoms with Crippen molar-refractivity contribution in [3.05, 3.63) is 19.0 Å². The summed E-state index contributed by atoms with van der Waals surface area (Å²) in [4.78, 5) is 13.5. The molecule has 0 saturated carbocycles. The normalized spacial score (nSPS) is 22.5. The zero-order chi connectivity index (χ0) is 33.7. The lowest BCUT2D eigenvalue weighted by atomic mass is 10.1. The molecule has 1 fully saturated rings. The van der Waals surface area contributed by atoms with E-state index in [9.17, 15) is 0 Å². The summed E-state index contributed by atoms with van der Waals surface area (Å²) < 4.78 is 36.0. The first-order valence-corrected chi connectivity index (χ1v) is 24.4. The standard InChI is InChI=1S/C31H59N5O5Si3/c1-17-18-37-26-22-25(34-28(32)35-26)36(20-33-22)27-24(41-44(15,16)31(8,9)10)23(40-43(13,14)30(5,6)7)21(39-27)19-38-42(11,12)29(2,3)4/h17,20-21,23-24,27H,1,18-19H2,2-16H3,(H2,32,34,35)/t21-,23-,24-,27-/m1/s1. The van der Waals surface area contributed by atoms with Crippen molar-refractivity contribution in [2.45, 2.75) is 141 Å². The minimum absolute atomic E-state index is 0.0157. The molecule has 0 aromatic carbocycles. The van der Waals surface area contributed by atoms with E-state index in [1.165, 1.54) is 0 Å². The van der Waals surface area contributed by atoms with Gasteiger partial charge < -0.3 is 28.5 Å². The van der Waals surface area contributed by atoms with E-state index in [0.717, 1.165) is 0 Å². The summed E-state index contributed by atoms with van der Waals surface area (Å²) >= 11 is 0. The number of hydrogen-bond donors (Lipinski definition) is 1. The molecule has 0 bridgehead atoms. The molecule has 1 aliphatic heterocycles. The summed E-state index contributed by atoms with van der Waals surface area (Å²) in [5.74, 6) is 0.392. The van der Waals surface area contributed by atoms with E-state index < -0.39 is 37.3 Å². The number of rotatable bonds is 11. The highest BCUT2D eigenvalue weighted by molar-refractivity contribution is 6.75. The van der Waals surface area contributed by atoms with E-state index in [2.05, 4.69) is 123 Å². The highest BCUT2D eigenvalue weighted by Crippen LogP contribution is 2.47. The highest BCUT2D eigenvalue weighted by atomic mass is 28.4. The summed E-state index contributed by atoms with van der Waals surface area (Å²) in [5.41, 5.74) is 7.18. The maximum absolute atomic E-state index is 7.27. The Morgan fingerprint density at radius 3 is 1.89 bits per heavy atom. The number of nitrogens with two attached hydrogens (primary N) is 1. The van der Waals surface area contributed by atoms with E-state index in [-0.39, 0.29) is 39.9 Å². The van der Waals surface area contributed by atoms with Gasteiger partial charge in [-0.25, -0.2) is 4.98 Å². The summed E-state index contributed by atoms with van der Waals surface area (Å²) in [6, 6.07) is 0. The molecule has 4 atom stereocenters. The number of hydrogen-bond acceptors (Lipinski definition) is 9. The molecule has 1 aliphatic rings. The van der Waals surface area contributed by atoms with Crippen LogP contribution >= 0.6 is 0 Å². The fraction of sp³-hybridized carbons (Fsp3) is 0.774. The van der Waals surface area contributed by atoms with Crippen LogP contribution in [0, 0.1) is 0 Å². The number of imidazole rings is 1. The topological polar surface area (TPSA) is 116 Å². The molecule has 0 amide bonds. The van der Waals surface area contributed by atoms with Gasteiger partial charge in [-0.05, 0) is 54.4 Å². The first-order valence-electron chi connectivity index (χ1n) is 15.7. The lowest BCUT2D eigenvalue weighted by Crippen LogP contribution is -2.54. The van der Waals surface area contributed by atoms with Crippen molar-refractivity contribution in [2.24, 2.45) is 0 Å². The van der Waals surface area contributed by atoms with Gasteiger partial charge in [0, 0.05) is 0 Å². The second-order valence-electron chi connectivity index (χ2n) is 16.6. The molecule has 0 spiro atoms. The minimum atomic E-state index is -2.32. The molecular weight excluding hydrogens is 607 g/mol. The Morgan fingerprint density at radius 1 is 0.864 bits per heavy atom. The van der Waals surface area contributed by atoms with Crippen LogP contribution in [-0.4, -0.2) is 76.0 Å². The Balaban J connectivity index is 2.20. The van der Waals surface area contributed by atoms with Crippen LogP contribution < -0.4 is 10.5 Å². The maximum Gasteiger partial charge on any atom is 0.247 e. The van der Waals surface area contributed by atoms with Crippen LogP contribution in [0.1, 0.15) is 68.5 Å². The third-order valence-electron chi connectivity index (χ3n) is 10.2. The second kappa shape index (κ2) is 12.5. The molecule has 0 radical (unpaired) electrons. The van der Waals surface area contributed by atoms with Gasteiger partial charge in [-0.2, -0.15) is 9.97 Å². The predicted molar refractivity (Wildman–Crippen MR) is 187 cm³/mol. The van der Waals surface area contributed by atoms with Crippen LogP contribution in [0.15, 0.2) is 19.0 Å². The molecule has 10 nitrogen and oxygen atoms in total. The number of ether oxygens (including phenoxy) is 2. The van der Waals surface area contributed by atoms with Crippen molar-refractivity contribution in [1.29, 1.82) is 0 Å². The molecule has 2 aromatic rings. The molecule has 3 heterocycles. The third kappa shape index (κ3) is 7.67. The number of anilines is 1. The van der Waals surface area contributed by atoms with E-state index in [1.54, 1.807) is 12.4 Å². The van der Waals surface area contributed by atoms with Crippen LogP contribution in [0.25, 0.3) is 11.2 Å². The van der Waals surface area contributed by atoms with E-state index in [4.69, 9.17) is 28.5 Å². The third-order valence-corrected chi connectivity index (χ3v) is 23.6. The van der Waals surface area contributed by atoms with E-state index in [1.807, 2.05) is 4.57 Å². The van der Waals surface area contributed by atoms with Crippen LogP contribution in [-0.2, 0) is 18.0 Å². The lowest BCUT2D eigenvalue weighted by Gasteiger charge is -2.44. The average Bonchev–Trinajstić information content (AvgIpc) is 3.40. The summed E-state index contributed by atoms with van der Waals surface area (Å²) in [5, 5.41) is -0.00299. The van der Waals surface area contributed by atoms with Crippen molar-refractivity contribution in [1.82, 2.24) is 19.5 Å². The monoisotopic (exact) mass is 665 g/mol. The van der Waals surface area contributed by atoms with Crippen molar-refractivity contribution < 1.29 is 22.8 Å². The van der Waals surface area contributed by atoms with Crippen LogP contribution in [0.4, 0.5) is 5.95 Å². The van der Waals surface area contributed by atoms with Gasteiger partial charge in [0.05, 0.1) is 12.9 Å². The van der Waals surface area contributed by atoms with Gasteiger partial charge in [-0.3, -0.25) is 4.57 Å². The number of nitrogen functional groups attached to an aromatic ring is 1. The molecule has 2 aromatic heterocycles. The van der Waals surface area contributed by atoms with Gasteiger partial charge in [-0.1, -0.05) is 75.0 Å². The van der Waals surface area contributed by atoms with Gasteiger partial charge in [0.2, 0.25) is 11.8 Å². The second-order valence-corrected chi connectivity index (χ2v) is 31.0. The van der Waals surface area contributed by atoms with Gasteiger partial charge in [0.1, 0.15) is 24.9 Å². The zero-order valence-electron chi connectivity index (χ0n) is 30.0. The Bertz CT molecular complexity index is 1310. The SMILES string of the molecule is C=CCOc1nc(N)nc2c1ncn2[C@@H]1O[C@H](CO[Si](C)(C)C(C)(C)C)[C@@H](O[Si](C)(C)C(C)(C)C)[C@H]1O[Si](C)(C)C(C)(C)C. The van der Waals surface area contributed by atoms with Crippen molar-refractivity contribution in [3.63, 3.8) is 0 Å². The summed E-state index contributed by atoms with van der Waals surface area (Å²) in [6.45, 7) is 38.3. The molecule has 2 N–H and O–H groups in total. The fourth-order valence-corrected chi connectivity index (χ4v) is 7.82. The number of fused-ring (bicyclic) bond motifs is 1. The van der Waals surface area contributed by atoms with Gasteiger partial charge in [-0.15, -0.1) is 0 Å². The molecule has 13 heteroatoms. The number of aromatic nitrogens is 4. The largest absolute Gasteiger partial charge is 0.472 e. The zero-order valence-corrected chi connectivity index (χ0v) is 33.0. The summed E-state index contributed by atoms with van der Waals surface area (Å²) in [6.07, 6.45) is 1.61. The van der Waals surface area contributed by atoms with E-state index >= 15 is 0 Å². The molecule has 0 unspecified atom stereocenters. The molecule has 1 saturated heterocycles. The average molecular weight is 666 g/mol. The predicted octanol–water partition coefficient (Wildman–Crippen LogP) is 7.67. The molecule has 3 rings (SSSR count). The molecule has 44 heavy (non-hydrogen) atoms. The van der Waals surface area contributed by atoms with E-state index in [0.29, 0.717) is 23.7 Å². The highest BCUT2D eigenvalue weighted by Gasteiger charge is 2.55. The molecule has 0 aliphatic carbocycles. The first kappa shape index (κ1) is 36.8.